The van der Waals surface area contributed by atoms with E-state index in [1.54, 1.807) is 0 Å². The van der Waals surface area contributed by atoms with Crippen LogP contribution >= 0.6 is 23.1 Å². The van der Waals surface area contributed by atoms with Crippen molar-refractivity contribution < 1.29 is 9.59 Å². The summed E-state index contributed by atoms with van der Waals surface area (Å²) >= 11 is 3.00. The molecule has 3 aromatic carbocycles. The van der Waals surface area contributed by atoms with E-state index in [4.69, 9.17) is 0 Å². The fourth-order valence-electron chi connectivity index (χ4n) is 3.36. The molecule has 0 saturated heterocycles. The van der Waals surface area contributed by atoms with Gasteiger partial charge in [0.25, 0.3) is 5.91 Å². The van der Waals surface area contributed by atoms with Gasteiger partial charge in [0, 0.05) is 16.9 Å². The van der Waals surface area contributed by atoms with Gasteiger partial charge in [0.2, 0.25) is 5.91 Å². The second-order valence-corrected chi connectivity index (χ2v) is 10.3. The molecular formula is C26H25N3O2S2. The molecule has 2 N–H and O–H groups in total. The average molecular weight is 476 g/mol. The van der Waals surface area contributed by atoms with Crippen molar-refractivity contribution in [1.82, 2.24) is 4.98 Å². The molecule has 4 rings (SSSR count). The van der Waals surface area contributed by atoms with Gasteiger partial charge in [-0.15, -0.1) is 11.3 Å². The van der Waals surface area contributed by atoms with Gasteiger partial charge in [-0.1, -0.05) is 54.6 Å². The van der Waals surface area contributed by atoms with Gasteiger partial charge >= 0.3 is 0 Å². The summed E-state index contributed by atoms with van der Waals surface area (Å²) in [5.41, 5.74) is 5.11. The Balaban J connectivity index is 1.46. The number of nitrogens with one attached hydrogen (secondary N) is 2. The van der Waals surface area contributed by atoms with Crippen LogP contribution in [0.2, 0.25) is 0 Å². The minimum atomic E-state index is -0.243. The molecule has 168 valence electrons. The van der Waals surface area contributed by atoms with Gasteiger partial charge in [-0.3, -0.25) is 9.59 Å². The van der Waals surface area contributed by atoms with Gasteiger partial charge in [0.1, 0.15) is 0 Å². The van der Waals surface area contributed by atoms with Crippen molar-refractivity contribution in [2.45, 2.75) is 36.8 Å². The molecule has 0 aliphatic rings. The number of carbonyl (C=O) groups is 2. The second kappa shape index (κ2) is 10.2. The third kappa shape index (κ3) is 5.61. The second-order valence-electron chi connectivity index (χ2n) is 7.80. The molecule has 0 saturated carbocycles. The zero-order valence-corrected chi connectivity index (χ0v) is 20.3. The summed E-state index contributed by atoms with van der Waals surface area (Å²) in [5, 5.41) is 5.72. The normalized spacial score (nSPS) is 11.8. The molecule has 0 aliphatic heterocycles. The third-order valence-corrected chi connectivity index (χ3v) is 7.72. The topological polar surface area (TPSA) is 71.1 Å². The highest BCUT2D eigenvalue weighted by molar-refractivity contribution is 8.02. The number of thioether (sulfide) groups is 1. The summed E-state index contributed by atoms with van der Waals surface area (Å²) in [6.45, 7) is 5.94. The van der Waals surface area contributed by atoms with Crippen LogP contribution in [0.5, 0.6) is 0 Å². The number of hydrogen-bond acceptors (Lipinski definition) is 5. The lowest BCUT2D eigenvalue weighted by molar-refractivity contribution is -0.115. The molecule has 1 heterocycles. The van der Waals surface area contributed by atoms with Gasteiger partial charge < -0.3 is 10.6 Å². The van der Waals surface area contributed by atoms with Crippen LogP contribution in [0.1, 0.15) is 34.8 Å². The first kappa shape index (κ1) is 23.0. The number of hydrogen-bond donors (Lipinski definition) is 2. The van der Waals surface area contributed by atoms with Crippen LogP contribution in [-0.4, -0.2) is 22.0 Å². The van der Waals surface area contributed by atoms with E-state index in [2.05, 4.69) is 15.6 Å². The van der Waals surface area contributed by atoms with Crippen LogP contribution in [0, 0.1) is 13.8 Å². The van der Waals surface area contributed by atoms with Gasteiger partial charge in [-0.25, -0.2) is 4.98 Å². The van der Waals surface area contributed by atoms with Gasteiger partial charge in [-0.2, -0.15) is 0 Å². The fourth-order valence-corrected chi connectivity index (χ4v) is 5.63. The van der Waals surface area contributed by atoms with E-state index in [9.17, 15) is 9.59 Å². The van der Waals surface area contributed by atoms with Crippen LogP contribution < -0.4 is 10.6 Å². The maximum absolute atomic E-state index is 12.8. The van der Waals surface area contributed by atoms with Crippen molar-refractivity contribution in [3.8, 4) is 0 Å². The minimum absolute atomic E-state index is 0.0307. The van der Waals surface area contributed by atoms with Crippen molar-refractivity contribution in [2.24, 2.45) is 0 Å². The number of amides is 2. The maximum atomic E-state index is 12.8. The quantitative estimate of drug-likeness (QED) is 0.293. The Morgan fingerprint density at radius 3 is 2.42 bits per heavy atom. The number of carbonyl (C=O) groups excluding carboxylic acids is 2. The van der Waals surface area contributed by atoms with E-state index in [0.29, 0.717) is 12.0 Å². The Bertz CT molecular complexity index is 1300. The van der Waals surface area contributed by atoms with E-state index in [1.807, 2.05) is 87.5 Å². The van der Waals surface area contributed by atoms with Crippen LogP contribution in [0.4, 0.5) is 11.4 Å². The zero-order chi connectivity index (χ0) is 23.4. The Hall–Kier alpha value is -3.16. The number of aryl methyl sites for hydroxylation is 2. The first-order chi connectivity index (χ1) is 15.9. The van der Waals surface area contributed by atoms with Crippen molar-refractivity contribution in [1.29, 1.82) is 0 Å². The van der Waals surface area contributed by atoms with Crippen molar-refractivity contribution in [3.05, 3.63) is 83.4 Å². The fraction of sp³-hybridized carbons (Fsp3) is 0.192. The van der Waals surface area contributed by atoms with Crippen LogP contribution in [0.3, 0.4) is 0 Å². The van der Waals surface area contributed by atoms with E-state index < -0.39 is 0 Å². The molecule has 2 amide bonds. The molecule has 0 spiro atoms. The smallest absolute Gasteiger partial charge is 0.255 e. The average Bonchev–Trinajstić information content (AvgIpc) is 3.21. The lowest BCUT2D eigenvalue weighted by atomic mass is 10.1. The van der Waals surface area contributed by atoms with Crippen LogP contribution in [-0.2, 0) is 4.79 Å². The largest absolute Gasteiger partial charge is 0.325 e. The molecule has 5 nitrogen and oxygen atoms in total. The Labute approximate surface area is 201 Å². The highest BCUT2D eigenvalue weighted by atomic mass is 32.2. The first-order valence-electron chi connectivity index (χ1n) is 10.7. The Kier molecular flexibility index (Phi) is 7.11. The molecule has 4 aromatic rings. The molecule has 33 heavy (non-hydrogen) atoms. The third-order valence-electron chi connectivity index (χ3n) is 5.24. The molecule has 0 aliphatic carbocycles. The number of benzene rings is 3. The summed E-state index contributed by atoms with van der Waals surface area (Å²) in [4.78, 5) is 30.1. The molecular weight excluding hydrogens is 450 g/mol. The molecule has 7 heteroatoms. The number of fused-ring (bicyclic) bond motifs is 1. The van der Waals surface area contributed by atoms with E-state index >= 15 is 0 Å². The highest BCUT2D eigenvalue weighted by Gasteiger charge is 2.20. The van der Waals surface area contributed by atoms with Gasteiger partial charge in [-0.05, 0) is 62.2 Å². The maximum Gasteiger partial charge on any atom is 0.255 e. The van der Waals surface area contributed by atoms with Gasteiger partial charge in [0.15, 0.2) is 4.34 Å². The predicted molar refractivity (Wildman–Crippen MR) is 138 cm³/mol. The van der Waals surface area contributed by atoms with E-state index in [1.165, 1.54) is 23.1 Å². The minimum Gasteiger partial charge on any atom is -0.325 e. The molecule has 1 atom stereocenters. The number of nitrogens with zero attached hydrogens (tertiary/aromatic N) is 1. The molecule has 0 radical (unpaired) electrons. The monoisotopic (exact) mass is 475 g/mol. The van der Waals surface area contributed by atoms with E-state index in [-0.39, 0.29) is 17.1 Å². The number of aromatic nitrogens is 1. The molecule has 0 bridgehead atoms. The standard InChI is InChI=1S/C26H25N3O2S2/c1-4-22(25(31)27-18-11-9-16(2)10-12-18)32-26-29-21-14-13-19(15-23(21)33-26)28-24(30)20-8-6-5-7-17(20)3/h5-15,22H,4H2,1-3H3,(H,27,31)(H,28,30). The molecule has 0 fully saturated rings. The summed E-state index contributed by atoms with van der Waals surface area (Å²) < 4.78 is 1.80. The first-order valence-corrected chi connectivity index (χ1v) is 12.4. The SMILES string of the molecule is CCC(Sc1nc2ccc(NC(=O)c3ccccc3C)cc2s1)C(=O)Nc1ccc(C)cc1. The van der Waals surface area contributed by atoms with Crippen LogP contribution in [0.15, 0.2) is 71.1 Å². The van der Waals surface area contributed by atoms with Crippen LogP contribution in [0.25, 0.3) is 10.2 Å². The van der Waals surface area contributed by atoms with Crippen molar-refractivity contribution in [3.63, 3.8) is 0 Å². The summed E-state index contributed by atoms with van der Waals surface area (Å²) in [5.74, 6) is -0.165. The molecule has 1 unspecified atom stereocenters. The van der Waals surface area contributed by atoms with Gasteiger partial charge in [0.05, 0.1) is 15.5 Å². The summed E-state index contributed by atoms with van der Waals surface area (Å²) in [7, 11) is 0. The lowest BCUT2D eigenvalue weighted by Crippen LogP contribution is -2.24. The Morgan fingerprint density at radius 1 is 0.970 bits per heavy atom. The molecule has 1 aromatic heterocycles. The van der Waals surface area contributed by atoms with E-state index in [0.717, 1.165) is 37.1 Å². The number of thiazole rings is 1. The number of anilines is 2. The summed E-state index contributed by atoms with van der Waals surface area (Å²) in [6, 6.07) is 21.0. The highest BCUT2D eigenvalue weighted by Crippen LogP contribution is 2.35. The number of rotatable bonds is 7. The Morgan fingerprint density at radius 2 is 1.70 bits per heavy atom. The van der Waals surface area contributed by atoms with Crippen molar-refractivity contribution in [2.75, 3.05) is 10.6 Å². The summed E-state index contributed by atoms with van der Waals surface area (Å²) in [6.07, 6.45) is 0.690. The zero-order valence-electron chi connectivity index (χ0n) is 18.7. The van der Waals surface area contributed by atoms with Crippen molar-refractivity contribution >= 4 is 56.5 Å². The predicted octanol–water partition coefficient (Wildman–Crippen LogP) is 6.67. The lowest BCUT2D eigenvalue weighted by Gasteiger charge is -2.13.